The Kier molecular flexibility index (Phi) is 4.96. The lowest BCUT2D eigenvalue weighted by molar-refractivity contribution is 0.174. The van der Waals surface area contributed by atoms with Crippen molar-refractivity contribution >= 4 is 12.2 Å². The average Bonchev–Trinajstić information content (AvgIpc) is 3.21. The summed E-state index contributed by atoms with van der Waals surface area (Å²) in [5.74, 6) is 2.11. The van der Waals surface area contributed by atoms with Crippen LogP contribution >= 0.6 is 0 Å². The molecular formula is C17H18N4O3. The number of nitrogens with zero attached hydrogens (tertiary/aromatic N) is 4. The van der Waals surface area contributed by atoms with Crippen LogP contribution in [0.15, 0.2) is 29.4 Å². The van der Waals surface area contributed by atoms with E-state index in [0.29, 0.717) is 24.5 Å². The molecule has 24 heavy (non-hydrogen) atoms. The van der Waals surface area contributed by atoms with Crippen LogP contribution in [0.4, 0.5) is 5.82 Å². The Morgan fingerprint density at radius 3 is 3.12 bits per heavy atom. The van der Waals surface area contributed by atoms with E-state index in [1.165, 1.54) is 18.2 Å². The van der Waals surface area contributed by atoms with Crippen molar-refractivity contribution in [1.82, 2.24) is 9.78 Å². The largest absolute Gasteiger partial charge is 0.483 e. The predicted molar refractivity (Wildman–Crippen MR) is 87.6 cm³/mol. The topological polar surface area (TPSA) is 81.7 Å². The van der Waals surface area contributed by atoms with Crippen molar-refractivity contribution in [3.05, 3.63) is 35.5 Å². The van der Waals surface area contributed by atoms with Gasteiger partial charge in [-0.05, 0) is 37.5 Å². The number of ether oxygens (including phenoxy) is 3. The lowest BCUT2D eigenvalue weighted by Gasteiger charge is -2.06. The van der Waals surface area contributed by atoms with Crippen molar-refractivity contribution in [3.8, 4) is 17.6 Å². The second-order valence-corrected chi connectivity index (χ2v) is 5.20. The average molecular weight is 326 g/mol. The Morgan fingerprint density at radius 2 is 2.29 bits per heavy atom. The maximum absolute atomic E-state index is 9.14. The summed E-state index contributed by atoms with van der Waals surface area (Å²) in [5.41, 5.74) is 1.61. The molecule has 0 atom stereocenters. The van der Waals surface area contributed by atoms with Gasteiger partial charge >= 0.3 is 0 Å². The van der Waals surface area contributed by atoms with E-state index in [1.54, 1.807) is 4.68 Å². The van der Waals surface area contributed by atoms with Gasteiger partial charge in [0.05, 0.1) is 12.8 Å². The van der Waals surface area contributed by atoms with E-state index in [4.69, 9.17) is 19.5 Å². The van der Waals surface area contributed by atoms with Crippen LogP contribution in [0.5, 0.6) is 11.5 Å². The van der Waals surface area contributed by atoms with E-state index in [9.17, 15) is 0 Å². The Hall–Kier alpha value is -3.01. The molecule has 0 amide bonds. The quantitative estimate of drug-likeness (QED) is 0.577. The van der Waals surface area contributed by atoms with E-state index < -0.39 is 0 Å². The van der Waals surface area contributed by atoms with Crippen molar-refractivity contribution < 1.29 is 14.2 Å². The molecule has 124 valence electrons. The molecule has 0 N–H and O–H groups in total. The Balaban J connectivity index is 1.62. The number of nitriles is 1. The first-order valence-corrected chi connectivity index (χ1v) is 7.80. The van der Waals surface area contributed by atoms with Crippen LogP contribution in [-0.4, -0.2) is 29.6 Å². The van der Waals surface area contributed by atoms with Crippen LogP contribution in [0.1, 0.15) is 24.5 Å². The maximum Gasteiger partial charge on any atom is 0.231 e. The first kappa shape index (κ1) is 15.9. The molecule has 0 fully saturated rings. The lowest BCUT2D eigenvalue weighted by Crippen LogP contribution is -2.01. The minimum absolute atomic E-state index is 0.282. The highest BCUT2D eigenvalue weighted by Crippen LogP contribution is 2.32. The molecule has 1 aliphatic heterocycles. The van der Waals surface area contributed by atoms with Gasteiger partial charge < -0.3 is 14.2 Å². The van der Waals surface area contributed by atoms with E-state index in [1.807, 2.05) is 25.1 Å². The smallest absolute Gasteiger partial charge is 0.231 e. The summed E-state index contributed by atoms with van der Waals surface area (Å²) in [6.07, 6.45) is 4.61. The van der Waals surface area contributed by atoms with Gasteiger partial charge in [-0.25, -0.2) is 4.68 Å². The lowest BCUT2D eigenvalue weighted by atomic mass is 10.1. The number of aliphatic imine (C=N–C) groups is 1. The van der Waals surface area contributed by atoms with E-state index >= 15 is 0 Å². The molecule has 0 unspecified atom stereocenters. The van der Waals surface area contributed by atoms with Gasteiger partial charge in [-0.1, -0.05) is 6.07 Å². The van der Waals surface area contributed by atoms with Crippen LogP contribution in [-0.2, 0) is 17.7 Å². The zero-order valence-electron chi connectivity index (χ0n) is 13.4. The van der Waals surface area contributed by atoms with Crippen LogP contribution in [0.2, 0.25) is 0 Å². The first-order valence-electron chi connectivity index (χ1n) is 7.80. The highest BCUT2D eigenvalue weighted by Gasteiger charge is 2.13. The van der Waals surface area contributed by atoms with Crippen molar-refractivity contribution in [2.24, 2.45) is 4.99 Å². The molecule has 0 spiro atoms. The van der Waals surface area contributed by atoms with Crippen LogP contribution in [0.25, 0.3) is 0 Å². The minimum atomic E-state index is 0.282. The number of hydrogen-bond acceptors (Lipinski definition) is 6. The molecule has 0 aliphatic carbocycles. The van der Waals surface area contributed by atoms with Crippen LogP contribution in [0, 0.1) is 11.3 Å². The Morgan fingerprint density at radius 1 is 1.42 bits per heavy atom. The van der Waals surface area contributed by atoms with Gasteiger partial charge in [-0.3, -0.25) is 0 Å². The zero-order valence-corrected chi connectivity index (χ0v) is 13.4. The molecule has 1 aromatic carbocycles. The summed E-state index contributed by atoms with van der Waals surface area (Å²) in [5, 5.41) is 13.4. The predicted octanol–water partition coefficient (Wildman–Crippen LogP) is 2.81. The summed E-state index contributed by atoms with van der Waals surface area (Å²) < 4.78 is 17.5. The molecule has 2 aromatic rings. The third-order valence-electron chi connectivity index (χ3n) is 3.62. The Labute approximate surface area is 140 Å². The van der Waals surface area contributed by atoms with Gasteiger partial charge in [0.1, 0.15) is 11.6 Å². The number of aromatic nitrogens is 2. The normalized spacial score (nSPS) is 12.5. The molecule has 1 aliphatic rings. The number of hydrogen-bond donors (Lipinski definition) is 0. The summed E-state index contributed by atoms with van der Waals surface area (Å²) in [6, 6.07) is 8.06. The molecule has 2 heterocycles. The standard InChI is InChI=1S/C17H18N4O3/c1-2-22-11-19-17-14(9-18)10-20-21(17)7-3-4-13-5-6-15-16(8-13)24-12-23-15/h5-6,8,10-11H,2-4,7,12H2,1H3/b19-11+. The fourth-order valence-electron chi connectivity index (χ4n) is 2.45. The molecular weight excluding hydrogens is 308 g/mol. The fourth-order valence-corrected chi connectivity index (χ4v) is 2.45. The van der Waals surface area contributed by atoms with E-state index in [2.05, 4.69) is 16.2 Å². The SMILES string of the molecule is CCO/C=N/c1c(C#N)cnn1CCCc1ccc2c(c1)OCO2. The highest BCUT2D eigenvalue weighted by atomic mass is 16.7. The summed E-state index contributed by atoms with van der Waals surface area (Å²) in [4.78, 5) is 4.19. The number of benzene rings is 1. The number of rotatable bonds is 7. The van der Waals surface area contributed by atoms with Gasteiger partial charge in [0.25, 0.3) is 0 Å². The summed E-state index contributed by atoms with van der Waals surface area (Å²) in [6.45, 7) is 3.35. The maximum atomic E-state index is 9.14. The highest BCUT2D eigenvalue weighted by molar-refractivity contribution is 5.58. The number of aryl methyl sites for hydroxylation is 2. The van der Waals surface area contributed by atoms with Gasteiger partial charge in [-0.2, -0.15) is 15.4 Å². The Bertz CT molecular complexity index is 777. The third kappa shape index (κ3) is 3.49. The van der Waals surface area contributed by atoms with Gasteiger partial charge in [0.15, 0.2) is 23.7 Å². The minimum Gasteiger partial charge on any atom is -0.483 e. The van der Waals surface area contributed by atoms with Crippen LogP contribution < -0.4 is 9.47 Å². The second-order valence-electron chi connectivity index (χ2n) is 5.20. The zero-order chi connectivity index (χ0) is 16.8. The van der Waals surface area contributed by atoms with Crippen molar-refractivity contribution in [1.29, 1.82) is 5.26 Å². The van der Waals surface area contributed by atoms with Gasteiger partial charge in [0, 0.05) is 6.54 Å². The van der Waals surface area contributed by atoms with Crippen LogP contribution in [0.3, 0.4) is 0 Å². The second kappa shape index (κ2) is 7.51. The molecule has 0 bridgehead atoms. The summed E-state index contributed by atoms with van der Waals surface area (Å²) >= 11 is 0. The first-order chi connectivity index (χ1) is 11.8. The van der Waals surface area contributed by atoms with Crippen molar-refractivity contribution in [3.63, 3.8) is 0 Å². The molecule has 0 radical (unpaired) electrons. The number of fused-ring (bicyclic) bond motifs is 1. The van der Waals surface area contributed by atoms with Crippen molar-refractivity contribution in [2.45, 2.75) is 26.3 Å². The van der Waals surface area contributed by atoms with E-state index in [0.717, 1.165) is 24.3 Å². The fraction of sp³-hybridized carbons (Fsp3) is 0.353. The van der Waals surface area contributed by atoms with E-state index in [-0.39, 0.29) is 6.79 Å². The summed E-state index contributed by atoms with van der Waals surface area (Å²) in [7, 11) is 0. The van der Waals surface area contributed by atoms with Crippen molar-refractivity contribution in [2.75, 3.05) is 13.4 Å². The molecule has 0 saturated carbocycles. The van der Waals surface area contributed by atoms with Gasteiger partial charge in [0.2, 0.25) is 6.79 Å². The monoisotopic (exact) mass is 326 g/mol. The van der Waals surface area contributed by atoms with Gasteiger partial charge in [-0.15, -0.1) is 0 Å². The molecule has 7 nitrogen and oxygen atoms in total. The molecule has 3 rings (SSSR count). The molecule has 0 saturated heterocycles. The molecule has 7 heteroatoms. The third-order valence-corrected chi connectivity index (χ3v) is 3.62. The molecule has 1 aromatic heterocycles.